The number of anilines is 1. The summed E-state index contributed by atoms with van der Waals surface area (Å²) in [5, 5.41) is 7.41. The molecule has 2 N–H and O–H groups in total. The van der Waals surface area contributed by atoms with Gasteiger partial charge in [-0.1, -0.05) is 24.3 Å². The lowest BCUT2D eigenvalue weighted by Gasteiger charge is -2.31. The fourth-order valence-electron chi connectivity index (χ4n) is 2.50. The molecule has 3 rings (SSSR count). The summed E-state index contributed by atoms with van der Waals surface area (Å²) in [6, 6.07) is 6.41. The lowest BCUT2D eigenvalue weighted by Crippen LogP contribution is -2.36. The van der Waals surface area contributed by atoms with Crippen molar-refractivity contribution in [3.05, 3.63) is 42.2 Å². The van der Waals surface area contributed by atoms with Gasteiger partial charge in [0.05, 0.1) is 5.69 Å². The second kappa shape index (κ2) is 5.09. The molecule has 0 heterocycles. The van der Waals surface area contributed by atoms with Gasteiger partial charge in [-0.2, -0.15) is 5.10 Å². The molecule has 5 heteroatoms. The van der Waals surface area contributed by atoms with Crippen LogP contribution in [0, 0.1) is 17.7 Å². The maximum absolute atomic E-state index is 13.4. The molecule has 0 aromatic heterocycles. The molecule has 19 heavy (non-hydrogen) atoms. The van der Waals surface area contributed by atoms with Crippen LogP contribution in [0.4, 0.5) is 10.1 Å². The Morgan fingerprint density at radius 3 is 3.00 bits per heavy atom. The molecule has 2 aliphatic carbocycles. The Morgan fingerprint density at radius 1 is 1.37 bits per heavy atom. The van der Waals surface area contributed by atoms with E-state index < -0.39 is 0 Å². The third kappa shape index (κ3) is 2.51. The Kier molecular flexibility index (Phi) is 3.29. The molecule has 0 radical (unpaired) electrons. The number of hydrogen-bond donors (Lipinski definition) is 2. The number of halogens is 1. The van der Waals surface area contributed by atoms with Crippen LogP contribution in [0.2, 0.25) is 0 Å². The number of hydrogen-bond acceptors (Lipinski definition) is 2. The van der Waals surface area contributed by atoms with Crippen LogP contribution < -0.4 is 10.7 Å². The van der Waals surface area contributed by atoms with Crippen molar-refractivity contribution in [3.63, 3.8) is 0 Å². The van der Waals surface area contributed by atoms with Gasteiger partial charge < -0.3 is 5.32 Å². The predicted molar refractivity (Wildman–Crippen MR) is 78.5 cm³/mol. The highest BCUT2D eigenvalue weighted by molar-refractivity contribution is 7.80. The number of thiocarbonyl (C=S) groups is 1. The van der Waals surface area contributed by atoms with Crippen LogP contribution in [0.25, 0.3) is 0 Å². The summed E-state index contributed by atoms with van der Waals surface area (Å²) in [4.78, 5) is 0. The summed E-state index contributed by atoms with van der Waals surface area (Å²) in [5.41, 5.74) is 4.29. The number of benzene rings is 1. The molecule has 0 amide bonds. The number of fused-ring (bicyclic) bond motifs is 1. The number of rotatable bonds is 2. The molecule has 1 fully saturated rings. The number of nitrogens with zero attached hydrogens (tertiary/aromatic N) is 1. The SMILES string of the molecule is Fc1ccccc1NC(=S)N/N=C1/C[C@@H]2C=CC[C@H]12. The molecule has 2 aliphatic rings. The molecule has 98 valence electrons. The highest BCUT2D eigenvalue weighted by Crippen LogP contribution is 2.40. The normalized spacial score (nSPS) is 25.8. The van der Waals surface area contributed by atoms with E-state index in [-0.39, 0.29) is 5.82 Å². The molecule has 2 atom stereocenters. The molecule has 0 unspecified atom stereocenters. The van der Waals surface area contributed by atoms with Crippen molar-refractivity contribution in [3.8, 4) is 0 Å². The van der Waals surface area contributed by atoms with E-state index >= 15 is 0 Å². The fraction of sp³-hybridized carbons (Fsp3) is 0.286. The monoisotopic (exact) mass is 275 g/mol. The van der Waals surface area contributed by atoms with Crippen LogP contribution in [0.3, 0.4) is 0 Å². The topological polar surface area (TPSA) is 36.4 Å². The molecule has 0 saturated heterocycles. The largest absolute Gasteiger partial charge is 0.329 e. The van der Waals surface area contributed by atoms with E-state index in [1.807, 2.05) is 0 Å². The summed E-state index contributed by atoms with van der Waals surface area (Å²) in [5.74, 6) is 0.875. The van der Waals surface area contributed by atoms with Crippen LogP contribution in [0.5, 0.6) is 0 Å². The van der Waals surface area contributed by atoms with Crippen LogP contribution in [0.1, 0.15) is 12.8 Å². The lowest BCUT2D eigenvalue weighted by atomic mass is 9.74. The van der Waals surface area contributed by atoms with E-state index in [0.717, 1.165) is 18.6 Å². The van der Waals surface area contributed by atoms with Gasteiger partial charge in [0.25, 0.3) is 0 Å². The first kappa shape index (κ1) is 12.3. The van der Waals surface area contributed by atoms with Gasteiger partial charge in [-0.3, -0.25) is 5.43 Å². The minimum atomic E-state index is -0.331. The molecule has 3 nitrogen and oxygen atoms in total. The van der Waals surface area contributed by atoms with Gasteiger partial charge >= 0.3 is 0 Å². The number of allylic oxidation sites excluding steroid dienone is 2. The van der Waals surface area contributed by atoms with Gasteiger partial charge in [0.2, 0.25) is 0 Å². The van der Waals surface area contributed by atoms with Gasteiger partial charge in [0.1, 0.15) is 5.82 Å². The molecule has 1 aromatic carbocycles. The first-order chi connectivity index (χ1) is 9.24. The number of hydrazone groups is 1. The van der Waals surface area contributed by atoms with E-state index in [1.165, 1.54) is 6.07 Å². The van der Waals surface area contributed by atoms with Crippen LogP contribution in [-0.4, -0.2) is 10.8 Å². The minimum Gasteiger partial charge on any atom is -0.329 e. The minimum absolute atomic E-state index is 0.312. The molecular weight excluding hydrogens is 261 g/mol. The van der Waals surface area contributed by atoms with Gasteiger partial charge in [0.15, 0.2) is 5.11 Å². The molecule has 1 aromatic rings. The van der Waals surface area contributed by atoms with Crippen LogP contribution in [0.15, 0.2) is 41.5 Å². The standard InChI is InChI=1S/C14H14FN3S/c15-11-6-1-2-7-12(11)16-14(19)18-17-13-8-9-4-3-5-10(9)13/h1-4,6-7,9-10H,5,8H2,(H2,16,18,19)/b17-13-/t9-,10-/m0/s1. The van der Waals surface area contributed by atoms with Gasteiger partial charge in [-0.15, -0.1) is 0 Å². The van der Waals surface area contributed by atoms with Gasteiger partial charge in [-0.05, 0) is 43.1 Å². The Hall–Kier alpha value is -1.75. The summed E-state index contributed by atoms with van der Waals surface area (Å²) in [6.45, 7) is 0. The predicted octanol–water partition coefficient (Wildman–Crippen LogP) is 3.06. The van der Waals surface area contributed by atoms with E-state index in [1.54, 1.807) is 18.2 Å². The van der Waals surface area contributed by atoms with Crippen molar-refractivity contribution in [2.24, 2.45) is 16.9 Å². The maximum atomic E-state index is 13.4. The zero-order valence-electron chi connectivity index (χ0n) is 10.3. The van der Waals surface area contributed by atoms with Crippen molar-refractivity contribution in [2.75, 3.05) is 5.32 Å². The first-order valence-electron chi connectivity index (χ1n) is 6.28. The zero-order chi connectivity index (χ0) is 13.2. The van der Waals surface area contributed by atoms with Crippen molar-refractivity contribution < 1.29 is 4.39 Å². The first-order valence-corrected chi connectivity index (χ1v) is 6.69. The van der Waals surface area contributed by atoms with Crippen molar-refractivity contribution in [1.29, 1.82) is 0 Å². The van der Waals surface area contributed by atoms with E-state index in [9.17, 15) is 4.39 Å². The smallest absolute Gasteiger partial charge is 0.191 e. The maximum Gasteiger partial charge on any atom is 0.191 e. The summed E-state index contributed by atoms with van der Waals surface area (Å²) in [6.07, 6.45) is 6.52. The molecule has 0 bridgehead atoms. The third-order valence-electron chi connectivity index (χ3n) is 3.59. The van der Waals surface area contributed by atoms with Gasteiger partial charge in [0, 0.05) is 11.6 Å². The second-order valence-electron chi connectivity index (χ2n) is 4.79. The Morgan fingerprint density at radius 2 is 2.21 bits per heavy atom. The molecule has 0 aliphatic heterocycles. The Labute approximate surface area is 116 Å². The Bertz CT molecular complexity index is 568. The van der Waals surface area contributed by atoms with Crippen LogP contribution >= 0.6 is 12.2 Å². The average molecular weight is 275 g/mol. The molecule has 1 saturated carbocycles. The van der Waals surface area contributed by atoms with E-state index in [0.29, 0.717) is 22.6 Å². The van der Waals surface area contributed by atoms with Crippen molar-refractivity contribution >= 4 is 28.7 Å². The highest BCUT2D eigenvalue weighted by atomic mass is 32.1. The summed E-state index contributed by atoms with van der Waals surface area (Å²) < 4.78 is 13.4. The molecule has 0 spiro atoms. The second-order valence-corrected chi connectivity index (χ2v) is 5.20. The number of para-hydroxylation sites is 1. The number of nitrogens with one attached hydrogen (secondary N) is 2. The molecular formula is C14H14FN3S. The average Bonchev–Trinajstić information content (AvgIpc) is 2.74. The van der Waals surface area contributed by atoms with Crippen molar-refractivity contribution in [2.45, 2.75) is 12.8 Å². The third-order valence-corrected chi connectivity index (χ3v) is 3.78. The zero-order valence-corrected chi connectivity index (χ0v) is 11.1. The quantitative estimate of drug-likeness (QED) is 0.495. The fourth-order valence-corrected chi connectivity index (χ4v) is 2.65. The highest BCUT2D eigenvalue weighted by Gasteiger charge is 2.37. The van der Waals surface area contributed by atoms with E-state index in [4.69, 9.17) is 12.2 Å². The van der Waals surface area contributed by atoms with Crippen molar-refractivity contribution in [1.82, 2.24) is 5.43 Å². The summed E-state index contributed by atoms with van der Waals surface area (Å²) in [7, 11) is 0. The summed E-state index contributed by atoms with van der Waals surface area (Å²) >= 11 is 5.09. The van der Waals surface area contributed by atoms with Crippen LogP contribution in [-0.2, 0) is 0 Å². The lowest BCUT2D eigenvalue weighted by molar-refractivity contribution is 0.463. The van der Waals surface area contributed by atoms with Gasteiger partial charge in [-0.25, -0.2) is 4.39 Å². The van der Waals surface area contributed by atoms with E-state index in [2.05, 4.69) is 28.0 Å². The Balaban J connectivity index is 1.55.